The molecule has 3 nitrogen and oxygen atoms in total. The first-order valence-corrected chi connectivity index (χ1v) is 5.74. The predicted molar refractivity (Wildman–Crippen MR) is 61.3 cm³/mol. The van der Waals surface area contributed by atoms with E-state index in [0.29, 0.717) is 6.07 Å². The fraction of sp³-hybridized carbons (Fsp3) is 0.417. The monoisotopic (exact) mass is 294 g/mol. The minimum atomic E-state index is -4.78. The number of amides is 1. The number of alkyl halides is 5. The molecular weight excluding hydrogens is 283 g/mol. The van der Waals surface area contributed by atoms with Gasteiger partial charge in [0.1, 0.15) is 0 Å². The summed E-state index contributed by atoms with van der Waals surface area (Å²) in [5.74, 6) is -4.11. The lowest BCUT2D eigenvalue weighted by Crippen LogP contribution is -2.32. The first-order valence-electron chi connectivity index (χ1n) is 5.74. The molecule has 1 saturated heterocycles. The molecule has 0 aromatic heterocycles. The van der Waals surface area contributed by atoms with Gasteiger partial charge in [0, 0.05) is 18.7 Å². The van der Waals surface area contributed by atoms with Crippen molar-refractivity contribution in [1.82, 2.24) is 4.90 Å². The second-order valence-corrected chi connectivity index (χ2v) is 4.64. The number of carbonyl (C=O) groups is 1. The number of likely N-dealkylation sites (tertiary alicyclic amines) is 1. The number of rotatable bonds is 1. The van der Waals surface area contributed by atoms with Gasteiger partial charge in [-0.15, -0.1) is 0 Å². The van der Waals surface area contributed by atoms with Crippen LogP contribution >= 0.6 is 0 Å². The van der Waals surface area contributed by atoms with Gasteiger partial charge < -0.3 is 10.6 Å². The smallest absolute Gasteiger partial charge is 0.399 e. The van der Waals surface area contributed by atoms with Crippen molar-refractivity contribution in [1.29, 1.82) is 0 Å². The van der Waals surface area contributed by atoms with Crippen LogP contribution in [0.4, 0.5) is 27.6 Å². The van der Waals surface area contributed by atoms with Crippen molar-refractivity contribution in [2.24, 2.45) is 0 Å². The van der Waals surface area contributed by atoms with Crippen LogP contribution in [0.2, 0.25) is 0 Å². The number of nitrogen functional groups attached to an aromatic ring is 1. The molecule has 0 bridgehead atoms. The third kappa shape index (κ3) is 2.83. The van der Waals surface area contributed by atoms with Gasteiger partial charge in [-0.05, 0) is 18.2 Å². The minimum absolute atomic E-state index is 0.152. The highest BCUT2D eigenvalue weighted by atomic mass is 19.4. The molecule has 1 amide bonds. The van der Waals surface area contributed by atoms with Crippen LogP contribution in [0.5, 0.6) is 0 Å². The number of halogens is 5. The van der Waals surface area contributed by atoms with Crippen molar-refractivity contribution < 1.29 is 26.7 Å². The Morgan fingerprint density at radius 3 is 2.45 bits per heavy atom. The Morgan fingerprint density at radius 1 is 1.30 bits per heavy atom. The van der Waals surface area contributed by atoms with Crippen molar-refractivity contribution in [3.63, 3.8) is 0 Å². The summed E-state index contributed by atoms with van der Waals surface area (Å²) in [5.41, 5.74) is 3.25. The lowest BCUT2D eigenvalue weighted by molar-refractivity contribution is -0.138. The lowest BCUT2D eigenvalue weighted by atomic mass is 10.0. The van der Waals surface area contributed by atoms with Crippen LogP contribution in [-0.2, 0) is 6.18 Å². The van der Waals surface area contributed by atoms with Gasteiger partial charge in [-0.3, -0.25) is 4.79 Å². The van der Waals surface area contributed by atoms with Crippen LogP contribution in [0.25, 0.3) is 0 Å². The maximum absolute atomic E-state index is 13.0. The third-order valence-corrected chi connectivity index (χ3v) is 3.04. The topological polar surface area (TPSA) is 46.3 Å². The van der Waals surface area contributed by atoms with Gasteiger partial charge in [0.25, 0.3) is 11.8 Å². The molecule has 8 heteroatoms. The van der Waals surface area contributed by atoms with Crippen LogP contribution in [0.3, 0.4) is 0 Å². The minimum Gasteiger partial charge on any atom is -0.399 e. The van der Waals surface area contributed by atoms with Crippen molar-refractivity contribution in [2.75, 3.05) is 18.8 Å². The summed E-state index contributed by atoms with van der Waals surface area (Å²) in [5, 5.41) is 0. The van der Waals surface area contributed by atoms with E-state index in [1.54, 1.807) is 0 Å². The summed E-state index contributed by atoms with van der Waals surface area (Å²) >= 11 is 0. The van der Waals surface area contributed by atoms with Crippen molar-refractivity contribution in [2.45, 2.75) is 18.5 Å². The number of benzene rings is 1. The zero-order valence-corrected chi connectivity index (χ0v) is 10.2. The summed E-state index contributed by atoms with van der Waals surface area (Å²) in [4.78, 5) is 12.7. The van der Waals surface area contributed by atoms with E-state index in [-0.39, 0.29) is 12.2 Å². The molecule has 1 aliphatic rings. The maximum atomic E-state index is 13.0. The van der Waals surface area contributed by atoms with Crippen molar-refractivity contribution in [3.8, 4) is 0 Å². The molecule has 1 fully saturated rings. The van der Waals surface area contributed by atoms with E-state index in [1.165, 1.54) is 0 Å². The number of carbonyl (C=O) groups excluding carboxylic acids is 1. The van der Waals surface area contributed by atoms with Crippen LogP contribution in [0.15, 0.2) is 18.2 Å². The molecule has 2 N–H and O–H groups in total. The van der Waals surface area contributed by atoms with Crippen LogP contribution in [0, 0.1) is 0 Å². The molecule has 0 spiro atoms. The molecule has 1 aliphatic heterocycles. The van der Waals surface area contributed by atoms with E-state index in [9.17, 15) is 26.7 Å². The number of nitrogens with zero attached hydrogens (tertiary/aromatic N) is 1. The molecule has 0 aliphatic carbocycles. The maximum Gasteiger partial charge on any atom is 0.417 e. The standard InChI is InChI=1S/C12H11F5N2O/c13-11(14)3-4-19(6-11)10(20)8-2-1-7(18)5-9(8)12(15,16)17/h1-2,5H,3-4,6,18H2. The predicted octanol–water partition coefficient (Wildman–Crippen LogP) is 2.77. The van der Waals surface area contributed by atoms with Gasteiger partial charge in [0.15, 0.2) is 0 Å². The number of nitrogens with two attached hydrogens (primary N) is 1. The van der Waals surface area contributed by atoms with Gasteiger partial charge in [-0.25, -0.2) is 8.78 Å². The van der Waals surface area contributed by atoms with E-state index in [4.69, 9.17) is 5.73 Å². The van der Waals surface area contributed by atoms with Crippen LogP contribution in [0.1, 0.15) is 22.3 Å². The first kappa shape index (κ1) is 14.5. The van der Waals surface area contributed by atoms with Crippen LogP contribution < -0.4 is 5.73 Å². The second kappa shape index (κ2) is 4.60. The van der Waals surface area contributed by atoms with Crippen molar-refractivity contribution in [3.05, 3.63) is 29.3 Å². The average molecular weight is 294 g/mol. The molecule has 0 radical (unpaired) electrons. The quantitative estimate of drug-likeness (QED) is 0.639. The average Bonchev–Trinajstić information content (AvgIpc) is 2.67. The van der Waals surface area contributed by atoms with E-state index in [0.717, 1.165) is 17.0 Å². The first-order chi connectivity index (χ1) is 9.10. The fourth-order valence-electron chi connectivity index (χ4n) is 2.06. The number of hydrogen-bond donors (Lipinski definition) is 1. The van der Waals surface area contributed by atoms with E-state index in [1.807, 2.05) is 0 Å². The Hall–Kier alpha value is -1.86. The summed E-state index contributed by atoms with van der Waals surface area (Å²) in [6.07, 6.45) is -5.32. The summed E-state index contributed by atoms with van der Waals surface area (Å²) in [6.45, 7) is -1.14. The Bertz CT molecular complexity index is 541. The number of hydrogen-bond acceptors (Lipinski definition) is 2. The summed E-state index contributed by atoms with van der Waals surface area (Å²) in [6, 6.07) is 2.68. The van der Waals surface area contributed by atoms with Crippen molar-refractivity contribution >= 4 is 11.6 Å². The Kier molecular flexibility index (Phi) is 3.35. The highest BCUT2D eigenvalue weighted by Gasteiger charge is 2.42. The summed E-state index contributed by atoms with van der Waals surface area (Å²) < 4.78 is 64.6. The van der Waals surface area contributed by atoms with Gasteiger partial charge in [-0.1, -0.05) is 0 Å². The number of anilines is 1. The molecule has 2 rings (SSSR count). The Balaban J connectivity index is 2.36. The highest BCUT2D eigenvalue weighted by Crippen LogP contribution is 2.35. The molecule has 1 heterocycles. The van der Waals surface area contributed by atoms with E-state index in [2.05, 4.69) is 0 Å². The SMILES string of the molecule is Nc1ccc(C(=O)N2CCC(F)(F)C2)c(C(F)(F)F)c1. The third-order valence-electron chi connectivity index (χ3n) is 3.04. The Morgan fingerprint density at radius 2 is 1.95 bits per heavy atom. The molecular formula is C12H11F5N2O. The largest absolute Gasteiger partial charge is 0.417 e. The Labute approximate surface area is 111 Å². The van der Waals surface area contributed by atoms with Gasteiger partial charge in [0.2, 0.25) is 0 Å². The highest BCUT2D eigenvalue weighted by molar-refractivity contribution is 5.96. The molecule has 20 heavy (non-hydrogen) atoms. The van der Waals surface area contributed by atoms with Gasteiger partial charge in [-0.2, -0.15) is 13.2 Å². The molecule has 1 aromatic rings. The zero-order valence-electron chi connectivity index (χ0n) is 10.2. The van der Waals surface area contributed by atoms with Gasteiger partial charge >= 0.3 is 6.18 Å². The lowest BCUT2D eigenvalue weighted by Gasteiger charge is -2.19. The van der Waals surface area contributed by atoms with Crippen LogP contribution in [-0.4, -0.2) is 29.8 Å². The molecule has 0 atom stereocenters. The zero-order chi connectivity index (χ0) is 15.1. The second-order valence-electron chi connectivity index (χ2n) is 4.64. The van der Waals surface area contributed by atoms with Gasteiger partial charge in [0.05, 0.1) is 17.7 Å². The van der Waals surface area contributed by atoms with E-state index >= 15 is 0 Å². The van der Waals surface area contributed by atoms with E-state index < -0.39 is 42.1 Å². The summed E-state index contributed by atoms with van der Waals surface area (Å²) in [7, 11) is 0. The fourth-order valence-corrected chi connectivity index (χ4v) is 2.06. The molecule has 1 aromatic carbocycles. The normalized spacial score (nSPS) is 18.4. The molecule has 110 valence electrons. The molecule has 0 saturated carbocycles. The molecule has 0 unspecified atom stereocenters.